The minimum Gasteiger partial charge on any atom is -0.403 e. The largest absolute Gasteiger partial charge is 0.573 e. The number of hydrogen-bond donors (Lipinski definition) is 1. The second-order valence-electron chi connectivity index (χ2n) is 8.52. The van der Waals surface area contributed by atoms with Gasteiger partial charge in [0.05, 0.1) is 34.0 Å². The predicted octanol–water partition coefficient (Wildman–Crippen LogP) is 4.53. The lowest BCUT2D eigenvalue weighted by Gasteiger charge is -2.19. The quantitative estimate of drug-likeness (QED) is 0.338. The summed E-state index contributed by atoms with van der Waals surface area (Å²) >= 11 is 0. The zero-order valence-electron chi connectivity index (χ0n) is 19.3. The van der Waals surface area contributed by atoms with Gasteiger partial charge in [-0.15, -0.1) is 13.2 Å². The van der Waals surface area contributed by atoms with Crippen LogP contribution in [0.2, 0.25) is 0 Å². The summed E-state index contributed by atoms with van der Waals surface area (Å²) < 4.78 is 108. The van der Waals surface area contributed by atoms with Crippen molar-refractivity contribution >= 4 is 15.7 Å². The van der Waals surface area contributed by atoms with Crippen LogP contribution < -0.4 is 10.1 Å². The van der Waals surface area contributed by atoms with E-state index in [1.807, 2.05) is 0 Å². The van der Waals surface area contributed by atoms with E-state index in [0.717, 1.165) is 48.8 Å². The number of nitrogens with one attached hydrogen (secondary N) is 1. The Morgan fingerprint density at radius 2 is 1.74 bits per heavy atom. The van der Waals surface area contributed by atoms with Gasteiger partial charge in [-0.2, -0.15) is 0 Å². The molecule has 1 fully saturated rings. The molecule has 0 spiro atoms. The van der Waals surface area contributed by atoms with E-state index < -0.39 is 63.3 Å². The van der Waals surface area contributed by atoms with Crippen LogP contribution in [0.4, 0.5) is 26.3 Å². The number of nitrogens with zero attached hydrogens (tertiary/aromatic N) is 2. The minimum atomic E-state index is -5.07. The van der Waals surface area contributed by atoms with Crippen molar-refractivity contribution in [2.45, 2.75) is 42.1 Å². The van der Waals surface area contributed by atoms with Crippen LogP contribution in [-0.2, 0) is 21.2 Å². The fraction of sp³-hybridized carbons (Fsp3) is 0.292. The van der Waals surface area contributed by atoms with Crippen molar-refractivity contribution in [3.05, 3.63) is 72.2 Å². The number of halogens is 6. The molecule has 1 unspecified atom stereocenters. The Bertz CT molecular complexity index is 1430. The summed E-state index contributed by atoms with van der Waals surface area (Å²) in [4.78, 5) is 20.5. The summed E-state index contributed by atoms with van der Waals surface area (Å²) in [5.41, 5.74) is 0.448. The van der Waals surface area contributed by atoms with Crippen LogP contribution in [-0.4, -0.2) is 42.1 Å². The van der Waals surface area contributed by atoms with Crippen LogP contribution in [0.1, 0.15) is 18.5 Å². The van der Waals surface area contributed by atoms with E-state index >= 15 is 0 Å². The highest BCUT2D eigenvalue weighted by Gasteiger charge is 2.46. The maximum absolute atomic E-state index is 14.2. The summed E-state index contributed by atoms with van der Waals surface area (Å²) in [6.07, 6.45) is -6.23. The summed E-state index contributed by atoms with van der Waals surface area (Å²) in [7, 11) is -4.14. The first kappa shape index (κ1) is 27.4. The molecular weight excluding hydrogens is 540 g/mol. The Balaban J connectivity index is 1.46. The fourth-order valence-electron chi connectivity index (χ4n) is 4.19. The molecule has 1 heterocycles. The topological polar surface area (TPSA) is 98.2 Å². The monoisotopic (exact) mass is 559 g/mol. The van der Waals surface area contributed by atoms with Crippen LogP contribution in [0.3, 0.4) is 0 Å². The molecule has 1 saturated carbocycles. The number of amides is 1. The standard InChI is InChI=1S/C24H19F6N3O4S/c25-14-2-4-17(5-3-14)38(35,36)22-9-15(26)8-18(22)23(34)31-11-16-10-20(33-12-32-16)13-1-6-21(19(27)7-13)37-24(28,29)30/h1-7,10,12,15,18,22H,8-9,11H2,(H,31,34)/t15-,18-,22?/m1/s1. The molecule has 3 aromatic rings. The number of alkyl halides is 4. The predicted molar refractivity (Wildman–Crippen MR) is 121 cm³/mol. The lowest BCUT2D eigenvalue weighted by molar-refractivity contribution is -0.275. The van der Waals surface area contributed by atoms with Crippen molar-refractivity contribution in [3.8, 4) is 17.0 Å². The third-order valence-electron chi connectivity index (χ3n) is 5.94. The van der Waals surface area contributed by atoms with Gasteiger partial charge in [-0.05, 0) is 61.4 Å². The molecule has 1 aromatic heterocycles. The molecule has 2 aromatic carbocycles. The number of carbonyl (C=O) groups is 1. The van der Waals surface area contributed by atoms with Gasteiger partial charge in [0.15, 0.2) is 21.4 Å². The third-order valence-corrected chi connectivity index (χ3v) is 8.19. The van der Waals surface area contributed by atoms with E-state index in [1.165, 1.54) is 6.07 Å². The average molecular weight is 559 g/mol. The molecular formula is C24H19F6N3O4S. The molecule has 1 aliphatic carbocycles. The van der Waals surface area contributed by atoms with Gasteiger partial charge in [0.25, 0.3) is 0 Å². The minimum absolute atomic E-state index is 0.105. The molecule has 1 aliphatic rings. The lowest BCUT2D eigenvalue weighted by atomic mass is 10.1. The fourth-order valence-corrected chi connectivity index (χ4v) is 6.18. The van der Waals surface area contributed by atoms with Crippen molar-refractivity contribution in [2.24, 2.45) is 5.92 Å². The smallest absolute Gasteiger partial charge is 0.403 e. The van der Waals surface area contributed by atoms with Gasteiger partial charge >= 0.3 is 6.36 Å². The number of hydrogen-bond acceptors (Lipinski definition) is 6. The molecule has 0 aliphatic heterocycles. The molecule has 1 amide bonds. The Labute approximate surface area is 212 Å². The molecule has 4 rings (SSSR count). The molecule has 0 saturated heterocycles. The van der Waals surface area contributed by atoms with Crippen molar-refractivity contribution in [3.63, 3.8) is 0 Å². The van der Waals surface area contributed by atoms with Crippen LogP contribution in [0.25, 0.3) is 11.3 Å². The SMILES string of the molecule is O=C(NCc1cc(-c2ccc(OC(F)(F)F)c(F)c2)ncn1)[C@@H]1C[C@@H](F)CC1S(=O)(=O)c1ccc(F)cc1. The van der Waals surface area contributed by atoms with E-state index in [1.54, 1.807) is 0 Å². The highest BCUT2D eigenvalue weighted by molar-refractivity contribution is 7.92. The lowest BCUT2D eigenvalue weighted by Crippen LogP contribution is -2.38. The Morgan fingerprint density at radius 3 is 2.39 bits per heavy atom. The van der Waals surface area contributed by atoms with Gasteiger partial charge in [-0.25, -0.2) is 31.6 Å². The summed E-state index contributed by atoms with van der Waals surface area (Å²) in [6, 6.07) is 8.10. The van der Waals surface area contributed by atoms with E-state index in [0.29, 0.717) is 0 Å². The second-order valence-corrected chi connectivity index (χ2v) is 10.7. The van der Waals surface area contributed by atoms with E-state index in [9.17, 15) is 39.6 Å². The first-order valence-corrected chi connectivity index (χ1v) is 12.7. The van der Waals surface area contributed by atoms with Gasteiger partial charge in [-0.1, -0.05) is 0 Å². The van der Waals surface area contributed by atoms with E-state index in [4.69, 9.17) is 0 Å². The average Bonchev–Trinajstić information content (AvgIpc) is 3.26. The van der Waals surface area contributed by atoms with E-state index in [-0.39, 0.29) is 34.8 Å². The number of benzene rings is 2. The van der Waals surface area contributed by atoms with Gasteiger partial charge in [0.1, 0.15) is 18.3 Å². The molecule has 1 N–H and O–H groups in total. The zero-order chi connectivity index (χ0) is 27.7. The van der Waals surface area contributed by atoms with Gasteiger partial charge in [-0.3, -0.25) is 4.79 Å². The molecule has 0 bridgehead atoms. The van der Waals surface area contributed by atoms with Crippen LogP contribution in [0.15, 0.2) is 59.8 Å². The second kappa shape index (κ2) is 10.6. The Kier molecular flexibility index (Phi) is 7.63. The Morgan fingerprint density at radius 1 is 1.03 bits per heavy atom. The maximum atomic E-state index is 14.2. The number of aromatic nitrogens is 2. The summed E-state index contributed by atoms with van der Waals surface area (Å²) in [5.74, 6) is -4.89. The molecule has 202 valence electrons. The van der Waals surface area contributed by atoms with Crippen molar-refractivity contribution in [1.29, 1.82) is 0 Å². The van der Waals surface area contributed by atoms with Crippen molar-refractivity contribution < 1.29 is 44.3 Å². The molecule has 38 heavy (non-hydrogen) atoms. The van der Waals surface area contributed by atoms with Crippen LogP contribution in [0, 0.1) is 17.6 Å². The molecule has 3 atom stereocenters. The summed E-state index contributed by atoms with van der Waals surface area (Å²) in [6.45, 7) is -0.219. The molecule has 0 radical (unpaired) electrons. The summed E-state index contributed by atoms with van der Waals surface area (Å²) in [5, 5.41) is 1.15. The maximum Gasteiger partial charge on any atom is 0.573 e. The van der Waals surface area contributed by atoms with Crippen LogP contribution >= 0.6 is 0 Å². The number of carbonyl (C=O) groups excluding carboxylic acids is 1. The Hall–Kier alpha value is -3.68. The van der Waals surface area contributed by atoms with Gasteiger partial charge in [0.2, 0.25) is 5.91 Å². The van der Waals surface area contributed by atoms with E-state index in [2.05, 4.69) is 20.0 Å². The highest BCUT2D eigenvalue weighted by atomic mass is 32.2. The van der Waals surface area contributed by atoms with Crippen molar-refractivity contribution in [2.75, 3.05) is 0 Å². The number of rotatable bonds is 7. The third kappa shape index (κ3) is 6.23. The van der Waals surface area contributed by atoms with Gasteiger partial charge < -0.3 is 10.1 Å². The first-order chi connectivity index (χ1) is 17.8. The first-order valence-electron chi connectivity index (χ1n) is 11.1. The molecule has 7 nitrogen and oxygen atoms in total. The number of sulfone groups is 1. The normalized spacial score (nSPS) is 19.8. The highest BCUT2D eigenvalue weighted by Crippen LogP contribution is 2.37. The van der Waals surface area contributed by atoms with Crippen molar-refractivity contribution in [1.82, 2.24) is 15.3 Å². The molecule has 14 heteroatoms. The zero-order valence-corrected chi connectivity index (χ0v) is 20.1. The number of ether oxygens (including phenoxy) is 1. The van der Waals surface area contributed by atoms with Gasteiger partial charge in [0, 0.05) is 5.56 Å². The van der Waals surface area contributed by atoms with Crippen LogP contribution in [0.5, 0.6) is 5.75 Å².